The van der Waals surface area contributed by atoms with Crippen molar-refractivity contribution >= 4 is 27.4 Å². The third-order valence-electron chi connectivity index (χ3n) is 2.94. The van der Waals surface area contributed by atoms with Gasteiger partial charge in [0.25, 0.3) is 0 Å². The van der Waals surface area contributed by atoms with Crippen molar-refractivity contribution in [2.75, 3.05) is 31.2 Å². The number of hydrogen-bond donors (Lipinski definition) is 0. The molecule has 0 N–H and O–H groups in total. The molecule has 0 bridgehead atoms. The highest BCUT2D eigenvalue weighted by Gasteiger charge is 2.17. The van der Waals surface area contributed by atoms with E-state index < -0.39 is 0 Å². The zero-order valence-electron chi connectivity index (χ0n) is 9.56. The Labute approximate surface area is 108 Å². The number of imidazole rings is 1. The van der Waals surface area contributed by atoms with Crippen LogP contribution in [0.1, 0.15) is 5.69 Å². The smallest absolute Gasteiger partial charge is 0.180 e. The standard InChI is InChI=1S/C11H13BrN4O/c1-8-6-13-10-11(14-9(12)7-16(8)10)15-2-4-17-5-3-15/h6-7H,2-5H2,1H3. The first-order valence-electron chi connectivity index (χ1n) is 5.58. The summed E-state index contributed by atoms with van der Waals surface area (Å²) in [6.45, 7) is 5.27. The van der Waals surface area contributed by atoms with E-state index in [0.29, 0.717) is 0 Å². The van der Waals surface area contributed by atoms with Crippen molar-refractivity contribution in [3.63, 3.8) is 0 Å². The summed E-state index contributed by atoms with van der Waals surface area (Å²) >= 11 is 3.45. The summed E-state index contributed by atoms with van der Waals surface area (Å²) in [5.74, 6) is 0.927. The molecule has 0 aliphatic carbocycles. The summed E-state index contributed by atoms with van der Waals surface area (Å²) in [6.07, 6.45) is 3.81. The maximum atomic E-state index is 5.36. The first-order valence-corrected chi connectivity index (χ1v) is 6.38. The van der Waals surface area contributed by atoms with Crippen molar-refractivity contribution in [3.8, 4) is 0 Å². The highest BCUT2D eigenvalue weighted by atomic mass is 79.9. The molecule has 1 aliphatic heterocycles. The van der Waals surface area contributed by atoms with Gasteiger partial charge in [0.05, 0.1) is 13.2 Å². The summed E-state index contributed by atoms with van der Waals surface area (Å²) in [7, 11) is 0. The molecule has 6 heteroatoms. The number of ether oxygens (including phenoxy) is 1. The van der Waals surface area contributed by atoms with Crippen molar-refractivity contribution in [2.45, 2.75) is 6.92 Å². The number of anilines is 1. The zero-order valence-corrected chi connectivity index (χ0v) is 11.1. The van der Waals surface area contributed by atoms with Crippen LogP contribution in [0, 0.1) is 6.92 Å². The second-order valence-electron chi connectivity index (χ2n) is 4.08. The average Bonchev–Trinajstić information content (AvgIpc) is 2.72. The Morgan fingerprint density at radius 2 is 2.12 bits per heavy atom. The molecule has 2 aromatic heterocycles. The minimum atomic E-state index is 0.750. The topological polar surface area (TPSA) is 42.7 Å². The van der Waals surface area contributed by atoms with Crippen LogP contribution in [0.25, 0.3) is 5.65 Å². The molecule has 1 saturated heterocycles. The summed E-state index contributed by atoms with van der Waals surface area (Å²) in [5.41, 5.74) is 2.02. The van der Waals surface area contributed by atoms with Crippen molar-refractivity contribution in [3.05, 3.63) is 22.7 Å². The molecule has 2 aromatic rings. The summed E-state index contributed by atoms with van der Waals surface area (Å²) < 4.78 is 8.24. The Balaban J connectivity index is 2.13. The van der Waals surface area contributed by atoms with Gasteiger partial charge >= 0.3 is 0 Å². The quantitative estimate of drug-likeness (QED) is 0.802. The van der Waals surface area contributed by atoms with E-state index in [9.17, 15) is 0 Å². The predicted octanol–water partition coefficient (Wildman–Crippen LogP) is 1.64. The summed E-state index contributed by atoms with van der Waals surface area (Å²) in [6, 6.07) is 0. The van der Waals surface area contributed by atoms with Gasteiger partial charge in [-0.05, 0) is 22.9 Å². The van der Waals surface area contributed by atoms with Crippen LogP contribution in [0.15, 0.2) is 17.0 Å². The lowest BCUT2D eigenvalue weighted by Gasteiger charge is -2.28. The predicted molar refractivity (Wildman–Crippen MR) is 68.5 cm³/mol. The maximum absolute atomic E-state index is 5.36. The van der Waals surface area contributed by atoms with Crippen LogP contribution in [-0.4, -0.2) is 40.7 Å². The number of halogens is 1. The van der Waals surface area contributed by atoms with Crippen LogP contribution in [0.3, 0.4) is 0 Å². The molecule has 0 aromatic carbocycles. The number of aromatic nitrogens is 3. The van der Waals surface area contributed by atoms with Gasteiger partial charge in [0.1, 0.15) is 4.60 Å². The Kier molecular flexibility index (Phi) is 2.76. The first-order chi connectivity index (χ1) is 8.25. The summed E-state index contributed by atoms with van der Waals surface area (Å²) in [4.78, 5) is 11.2. The molecule has 0 spiro atoms. The van der Waals surface area contributed by atoms with Crippen molar-refractivity contribution < 1.29 is 4.74 Å². The van der Waals surface area contributed by atoms with E-state index in [2.05, 4.69) is 35.2 Å². The third kappa shape index (κ3) is 1.91. The fourth-order valence-corrected chi connectivity index (χ4v) is 2.42. The highest BCUT2D eigenvalue weighted by molar-refractivity contribution is 9.10. The molecule has 5 nitrogen and oxygen atoms in total. The van der Waals surface area contributed by atoms with Gasteiger partial charge in [-0.2, -0.15) is 0 Å². The van der Waals surface area contributed by atoms with Gasteiger partial charge in [0, 0.05) is 31.2 Å². The molecule has 0 unspecified atom stereocenters. The Morgan fingerprint density at radius 3 is 2.88 bits per heavy atom. The number of fused-ring (bicyclic) bond motifs is 1. The lowest BCUT2D eigenvalue weighted by atomic mass is 10.4. The second-order valence-corrected chi connectivity index (χ2v) is 4.89. The molecule has 0 atom stereocenters. The number of hydrogen-bond acceptors (Lipinski definition) is 4. The van der Waals surface area contributed by atoms with Gasteiger partial charge in [-0.1, -0.05) is 0 Å². The van der Waals surface area contributed by atoms with E-state index in [-0.39, 0.29) is 0 Å². The van der Waals surface area contributed by atoms with E-state index in [4.69, 9.17) is 4.74 Å². The third-order valence-corrected chi connectivity index (χ3v) is 3.32. The molecule has 17 heavy (non-hydrogen) atoms. The fraction of sp³-hybridized carbons (Fsp3) is 0.455. The van der Waals surface area contributed by atoms with Crippen LogP contribution in [0.2, 0.25) is 0 Å². The van der Waals surface area contributed by atoms with Gasteiger partial charge in [-0.3, -0.25) is 4.40 Å². The fourth-order valence-electron chi connectivity index (χ4n) is 2.05. The highest BCUT2D eigenvalue weighted by Crippen LogP contribution is 2.23. The van der Waals surface area contributed by atoms with E-state index >= 15 is 0 Å². The monoisotopic (exact) mass is 296 g/mol. The SMILES string of the molecule is Cc1cnc2c(N3CCOCC3)nc(Br)cn12. The lowest BCUT2D eigenvalue weighted by molar-refractivity contribution is 0.122. The minimum Gasteiger partial charge on any atom is -0.378 e. The molecule has 1 aliphatic rings. The number of morpholine rings is 1. The Hall–Kier alpha value is -1.14. The van der Waals surface area contributed by atoms with Crippen molar-refractivity contribution in [2.24, 2.45) is 0 Å². The van der Waals surface area contributed by atoms with Crippen molar-refractivity contribution in [1.82, 2.24) is 14.4 Å². The molecule has 3 rings (SSSR count). The van der Waals surface area contributed by atoms with Gasteiger partial charge < -0.3 is 9.64 Å². The molecule has 0 radical (unpaired) electrons. The van der Waals surface area contributed by atoms with Gasteiger partial charge in [0.15, 0.2) is 11.5 Å². The van der Waals surface area contributed by atoms with Crippen LogP contribution in [0.4, 0.5) is 5.82 Å². The molecule has 90 valence electrons. The maximum Gasteiger partial charge on any atom is 0.180 e. The van der Waals surface area contributed by atoms with E-state index in [0.717, 1.165) is 48.1 Å². The summed E-state index contributed by atoms with van der Waals surface area (Å²) in [5, 5.41) is 0. The molecular weight excluding hydrogens is 284 g/mol. The Morgan fingerprint density at radius 1 is 1.35 bits per heavy atom. The van der Waals surface area contributed by atoms with Crippen molar-refractivity contribution in [1.29, 1.82) is 0 Å². The van der Waals surface area contributed by atoms with Crippen LogP contribution >= 0.6 is 15.9 Å². The van der Waals surface area contributed by atoms with E-state index in [1.807, 2.05) is 19.3 Å². The van der Waals surface area contributed by atoms with Gasteiger partial charge in [-0.15, -0.1) is 0 Å². The minimum absolute atomic E-state index is 0.750. The normalized spacial score (nSPS) is 16.7. The number of aryl methyl sites for hydroxylation is 1. The van der Waals surface area contributed by atoms with E-state index in [1.54, 1.807) is 0 Å². The second kappa shape index (κ2) is 4.27. The van der Waals surface area contributed by atoms with Crippen LogP contribution in [-0.2, 0) is 4.74 Å². The number of rotatable bonds is 1. The number of nitrogens with zero attached hydrogens (tertiary/aromatic N) is 4. The van der Waals surface area contributed by atoms with Gasteiger partial charge in [-0.25, -0.2) is 9.97 Å². The molecule has 0 saturated carbocycles. The molecule has 3 heterocycles. The van der Waals surface area contributed by atoms with Gasteiger partial charge in [0.2, 0.25) is 0 Å². The van der Waals surface area contributed by atoms with Crippen LogP contribution in [0.5, 0.6) is 0 Å². The Bertz CT molecular complexity index is 548. The van der Waals surface area contributed by atoms with E-state index in [1.165, 1.54) is 0 Å². The first kappa shape index (κ1) is 11.0. The largest absolute Gasteiger partial charge is 0.378 e. The zero-order chi connectivity index (χ0) is 11.8. The average molecular weight is 297 g/mol. The lowest BCUT2D eigenvalue weighted by Crippen LogP contribution is -2.37. The molecule has 1 fully saturated rings. The molecular formula is C11H13BrN4O. The van der Waals surface area contributed by atoms with Crippen LogP contribution < -0.4 is 4.90 Å². The molecule has 0 amide bonds.